The van der Waals surface area contributed by atoms with Crippen molar-refractivity contribution >= 4 is 0 Å². The van der Waals surface area contributed by atoms with Crippen LogP contribution in [0.3, 0.4) is 0 Å². The summed E-state index contributed by atoms with van der Waals surface area (Å²) >= 11 is 0. The van der Waals surface area contributed by atoms with Crippen LogP contribution in [0.1, 0.15) is 36.0 Å². The van der Waals surface area contributed by atoms with Crippen LogP contribution >= 0.6 is 0 Å². The van der Waals surface area contributed by atoms with Crippen molar-refractivity contribution in [2.24, 2.45) is 5.73 Å². The van der Waals surface area contributed by atoms with E-state index in [4.69, 9.17) is 10.5 Å². The molecule has 1 aromatic carbocycles. The summed E-state index contributed by atoms with van der Waals surface area (Å²) in [5.41, 5.74) is 11.0. The van der Waals surface area contributed by atoms with Gasteiger partial charge in [-0.05, 0) is 43.7 Å². The first-order chi connectivity index (χ1) is 8.22. The molecular formula is C15H21NO. The lowest BCUT2D eigenvalue weighted by Gasteiger charge is -2.46. The molecule has 2 aliphatic rings. The highest BCUT2D eigenvalue weighted by molar-refractivity contribution is 5.41. The number of aryl methyl sites for hydroxylation is 2. The van der Waals surface area contributed by atoms with E-state index in [9.17, 15) is 0 Å². The third-order valence-electron chi connectivity index (χ3n) is 4.62. The molecule has 1 fully saturated rings. The van der Waals surface area contributed by atoms with Crippen LogP contribution in [-0.2, 0) is 16.6 Å². The van der Waals surface area contributed by atoms with Gasteiger partial charge in [0.15, 0.2) is 0 Å². The zero-order valence-corrected chi connectivity index (χ0v) is 10.5. The van der Waals surface area contributed by atoms with Gasteiger partial charge >= 0.3 is 0 Å². The van der Waals surface area contributed by atoms with Gasteiger partial charge in [-0.1, -0.05) is 23.8 Å². The maximum Gasteiger partial charge on any atom is 0.0475 e. The molecule has 2 nitrogen and oxygen atoms in total. The van der Waals surface area contributed by atoms with E-state index in [1.165, 1.54) is 16.7 Å². The molecule has 0 saturated carbocycles. The molecule has 17 heavy (non-hydrogen) atoms. The highest BCUT2D eigenvalue weighted by Gasteiger charge is 2.43. The second-order valence-corrected chi connectivity index (χ2v) is 5.57. The van der Waals surface area contributed by atoms with E-state index in [1.807, 2.05) is 0 Å². The Balaban J connectivity index is 2.11. The Bertz CT molecular complexity index is 421. The number of ether oxygens (including phenoxy) is 1. The monoisotopic (exact) mass is 231 g/mol. The van der Waals surface area contributed by atoms with Crippen molar-refractivity contribution in [2.75, 3.05) is 13.2 Å². The number of nitrogens with two attached hydrogens (primary N) is 1. The summed E-state index contributed by atoms with van der Waals surface area (Å²) < 4.78 is 5.54. The molecule has 2 N–H and O–H groups in total. The fourth-order valence-corrected chi connectivity index (χ4v) is 3.53. The van der Waals surface area contributed by atoms with Crippen molar-refractivity contribution in [1.82, 2.24) is 0 Å². The number of fused-ring (bicyclic) bond motifs is 2. The third-order valence-corrected chi connectivity index (χ3v) is 4.62. The van der Waals surface area contributed by atoms with Crippen LogP contribution in [-0.4, -0.2) is 19.3 Å². The van der Waals surface area contributed by atoms with Gasteiger partial charge in [-0.15, -0.1) is 0 Å². The zero-order chi connectivity index (χ0) is 11.9. The largest absolute Gasteiger partial charge is 0.381 e. The van der Waals surface area contributed by atoms with Gasteiger partial charge in [-0.2, -0.15) is 0 Å². The molecule has 1 aliphatic carbocycles. The van der Waals surface area contributed by atoms with Gasteiger partial charge in [-0.3, -0.25) is 0 Å². The molecule has 1 heterocycles. The predicted octanol–water partition coefficient (Wildman–Crippen LogP) is 2.32. The summed E-state index contributed by atoms with van der Waals surface area (Å²) in [7, 11) is 0. The van der Waals surface area contributed by atoms with E-state index in [-0.39, 0.29) is 5.41 Å². The molecule has 1 unspecified atom stereocenters. The second-order valence-electron chi connectivity index (χ2n) is 5.57. The van der Waals surface area contributed by atoms with Crippen LogP contribution in [0.15, 0.2) is 18.2 Å². The van der Waals surface area contributed by atoms with Crippen molar-refractivity contribution in [2.45, 2.75) is 44.1 Å². The standard InChI is InChI=1S/C15H21NO/c1-11-2-3-12-4-5-14(16)15(13(12)10-11)6-8-17-9-7-15/h2-3,10,14H,4-9,16H2,1H3. The summed E-state index contributed by atoms with van der Waals surface area (Å²) in [4.78, 5) is 0. The van der Waals surface area contributed by atoms with Gasteiger partial charge in [0.2, 0.25) is 0 Å². The second kappa shape index (κ2) is 4.11. The highest BCUT2D eigenvalue weighted by Crippen LogP contribution is 2.44. The first-order valence-electron chi connectivity index (χ1n) is 6.66. The molecule has 0 amide bonds. The summed E-state index contributed by atoms with van der Waals surface area (Å²) in [6.07, 6.45) is 4.44. The van der Waals surface area contributed by atoms with E-state index in [0.29, 0.717) is 6.04 Å². The minimum Gasteiger partial charge on any atom is -0.381 e. The predicted molar refractivity (Wildman–Crippen MR) is 69.2 cm³/mol. The zero-order valence-electron chi connectivity index (χ0n) is 10.5. The average Bonchev–Trinajstić information content (AvgIpc) is 2.36. The Morgan fingerprint density at radius 1 is 1.29 bits per heavy atom. The van der Waals surface area contributed by atoms with E-state index in [0.717, 1.165) is 38.9 Å². The Labute approximate surface area is 103 Å². The van der Waals surface area contributed by atoms with Crippen molar-refractivity contribution in [3.05, 3.63) is 34.9 Å². The summed E-state index contributed by atoms with van der Waals surface area (Å²) in [5.74, 6) is 0. The fourth-order valence-electron chi connectivity index (χ4n) is 3.53. The Morgan fingerprint density at radius 2 is 2.06 bits per heavy atom. The molecule has 1 spiro atoms. The van der Waals surface area contributed by atoms with Gasteiger partial charge in [-0.25, -0.2) is 0 Å². The van der Waals surface area contributed by atoms with Crippen LogP contribution in [0, 0.1) is 6.92 Å². The van der Waals surface area contributed by atoms with Gasteiger partial charge in [0.1, 0.15) is 0 Å². The molecule has 1 atom stereocenters. The Hall–Kier alpha value is -0.860. The maximum absolute atomic E-state index is 6.45. The number of hydrogen-bond acceptors (Lipinski definition) is 2. The average molecular weight is 231 g/mol. The number of rotatable bonds is 0. The lowest BCUT2D eigenvalue weighted by Crippen LogP contribution is -2.51. The van der Waals surface area contributed by atoms with Crippen molar-refractivity contribution in [1.29, 1.82) is 0 Å². The van der Waals surface area contributed by atoms with Crippen LogP contribution in [0.2, 0.25) is 0 Å². The van der Waals surface area contributed by atoms with E-state index < -0.39 is 0 Å². The van der Waals surface area contributed by atoms with Crippen molar-refractivity contribution in [3.63, 3.8) is 0 Å². The van der Waals surface area contributed by atoms with Gasteiger partial charge in [0, 0.05) is 24.7 Å². The molecular weight excluding hydrogens is 210 g/mol. The van der Waals surface area contributed by atoms with Gasteiger partial charge in [0.25, 0.3) is 0 Å². The van der Waals surface area contributed by atoms with E-state index in [2.05, 4.69) is 25.1 Å². The fraction of sp³-hybridized carbons (Fsp3) is 0.600. The number of hydrogen-bond donors (Lipinski definition) is 1. The lowest BCUT2D eigenvalue weighted by atomic mass is 9.63. The van der Waals surface area contributed by atoms with Gasteiger partial charge < -0.3 is 10.5 Å². The topological polar surface area (TPSA) is 35.2 Å². The molecule has 2 heteroatoms. The SMILES string of the molecule is Cc1ccc2c(c1)C1(CCOCC1)C(N)CC2. The Kier molecular flexibility index (Phi) is 2.72. The van der Waals surface area contributed by atoms with E-state index in [1.54, 1.807) is 0 Å². The molecule has 1 saturated heterocycles. The summed E-state index contributed by atoms with van der Waals surface area (Å²) in [5, 5.41) is 0. The Morgan fingerprint density at radius 3 is 2.82 bits per heavy atom. The molecule has 0 aromatic heterocycles. The quantitative estimate of drug-likeness (QED) is 0.743. The third kappa shape index (κ3) is 1.71. The van der Waals surface area contributed by atoms with E-state index >= 15 is 0 Å². The molecule has 1 aliphatic heterocycles. The minimum atomic E-state index is 0.192. The number of benzene rings is 1. The van der Waals surface area contributed by atoms with Crippen LogP contribution in [0.5, 0.6) is 0 Å². The van der Waals surface area contributed by atoms with Crippen molar-refractivity contribution < 1.29 is 4.74 Å². The normalized spacial score (nSPS) is 26.8. The summed E-state index contributed by atoms with van der Waals surface area (Å²) in [6.45, 7) is 3.90. The first-order valence-corrected chi connectivity index (χ1v) is 6.66. The van der Waals surface area contributed by atoms with Crippen LogP contribution in [0.25, 0.3) is 0 Å². The maximum atomic E-state index is 6.45. The van der Waals surface area contributed by atoms with Crippen LogP contribution < -0.4 is 5.73 Å². The molecule has 0 bridgehead atoms. The first kappa shape index (κ1) is 11.2. The minimum absolute atomic E-state index is 0.192. The lowest BCUT2D eigenvalue weighted by molar-refractivity contribution is 0.0360. The molecule has 3 rings (SSSR count). The van der Waals surface area contributed by atoms with Gasteiger partial charge in [0.05, 0.1) is 0 Å². The smallest absolute Gasteiger partial charge is 0.0475 e. The molecule has 0 radical (unpaired) electrons. The van der Waals surface area contributed by atoms with Crippen molar-refractivity contribution in [3.8, 4) is 0 Å². The van der Waals surface area contributed by atoms with Crippen LogP contribution in [0.4, 0.5) is 0 Å². The molecule has 1 aromatic rings. The highest BCUT2D eigenvalue weighted by atomic mass is 16.5. The summed E-state index contributed by atoms with van der Waals surface area (Å²) in [6, 6.07) is 7.19. The molecule has 92 valence electrons.